The van der Waals surface area contributed by atoms with Crippen LogP contribution in [-0.2, 0) is 0 Å². The monoisotopic (exact) mass is 440 g/mol. The fraction of sp³-hybridized carbons (Fsp3) is 0.188. The summed E-state index contributed by atoms with van der Waals surface area (Å²) in [5.74, 6) is 1.58. The van der Waals surface area contributed by atoms with Crippen molar-refractivity contribution < 1.29 is 0 Å². The van der Waals surface area contributed by atoms with Gasteiger partial charge in [0.2, 0.25) is 0 Å². The zero-order valence-corrected chi connectivity index (χ0v) is 19.6. The molecule has 2 heteroatoms. The Kier molecular flexibility index (Phi) is 4.11. The van der Waals surface area contributed by atoms with Gasteiger partial charge < -0.3 is 9.80 Å². The lowest BCUT2D eigenvalue weighted by molar-refractivity contribution is 0.566. The number of fused-ring (bicyclic) bond motifs is 8. The Balaban J connectivity index is 1.49. The van der Waals surface area contributed by atoms with Crippen LogP contribution in [0.25, 0.3) is 11.1 Å². The van der Waals surface area contributed by atoms with Gasteiger partial charge >= 0.3 is 0 Å². The van der Waals surface area contributed by atoms with Gasteiger partial charge in [-0.25, -0.2) is 0 Å². The van der Waals surface area contributed by atoms with Crippen molar-refractivity contribution >= 4 is 22.7 Å². The van der Waals surface area contributed by atoms with Crippen molar-refractivity contribution in [1.82, 2.24) is 0 Å². The molecule has 0 bridgehead atoms. The molecular formula is C32H28N2. The van der Waals surface area contributed by atoms with E-state index in [-0.39, 0.29) is 6.17 Å². The van der Waals surface area contributed by atoms with Crippen LogP contribution < -0.4 is 9.80 Å². The molecule has 4 aromatic carbocycles. The minimum Gasteiger partial charge on any atom is -0.318 e. The second kappa shape index (κ2) is 7.11. The highest BCUT2D eigenvalue weighted by atomic mass is 15.4. The third-order valence-corrected chi connectivity index (χ3v) is 8.16. The highest BCUT2D eigenvalue weighted by molar-refractivity contribution is 5.94. The average molecular weight is 441 g/mol. The van der Waals surface area contributed by atoms with Crippen LogP contribution in [0, 0.1) is 25.7 Å². The minimum atomic E-state index is 0.256. The number of aryl methyl sites for hydroxylation is 2. The van der Waals surface area contributed by atoms with Crippen LogP contribution in [0.15, 0.2) is 104 Å². The summed E-state index contributed by atoms with van der Waals surface area (Å²) in [5, 5.41) is 0. The maximum atomic E-state index is 4.22. The Morgan fingerprint density at radius 3 is 2.12 bits per heavy atom. The highest BCUT2D eigenvalue weighted by Gasteiger charge is 2.63. The molecule has 0 radical (unpaired) electrons. The predicted octanol–water partition coefficient (Wildman–Crippen LogP) is 8.12. The summed E-state index contributed by atoms with van der Waals surface area (Å²) in [6, 6.07) is 33.5. The topological polar surface area (TPSA) is 6.48 Å². The van der Waals surface area contributed by atoms with Gasteiger partial charge in [0.05, 0.1) is 11.4 Å². The maximum Gasteiger partial charge on any atom is 0.115 e. The molecule has 0 amide bonds. The molecule has 34 heavy (non-hydrogen) atoms. The Morgan fingerprint density at radius 2 is 1.35 bits per heavy atom. The Bertz CT molecular complexity index is 1450. The molecule has 7 rings (SSSR count). The second-order valence-electron chi connectivity index (χ2n) is 9.93. The molecule has 0 spiro atoms. The van der Waals surface area contributed by atoms with Crippen molar-refractivity contribution in [3.63, 3.8) is 0 Å². The minimum absolute atomic E-state index is 0.256. The average Bonchev–Trinajstić information content (AvgIpc) is 3.51. The summed E-state index contributed by atoms with van der Waals surface area (Å²) in [6.07, 6.45) is 2.44. The summed E-state index contributed by atoms with van der Waals surface area (Å²) in [4.78, 5) is 5.22. The zero-order chi connectivity index (χ0) is 23.0. The van der Waals surface area contributed by atoms with Gasteiger partial charge in [-0.3, -0.25) is 0 Å². The van der Waals surface area contributed by atoms with Gasteiger partial charge in [0.25, 0.3) is 0 Å². The van der Waals surface area contributed by atoms with Gasteiger partial charge in [0.15, 0.2) is 0 Å². The van der Waals surface area contributed by atoms with Crippen molar-refractivity contribution in [1.29, 1.82) is 0 Å². The number of rotatable bonds is 3. The Labute approximate surface area is 201 Å². The van der Waals surface area contributed by atoms with E-state index in [9.17, 15) is 0 Å². The largest absolute Gasteiger partial charge is 0.318 e. The van der Waals surface area contributed by atoms with Crippen LogP contribution in [0.2, 0.25) is 0 Å². The van der Waals surface area contributed by atoms with Gasteiger partial charge in [-0.2, -0.15) is 0 Å². The van der Waals surface area contributed by atoms with E-state index in [1.165, 1.54) is 50.6 Å². The summed E-state index contributed by atoms with van der Waals surface area (Å²) in [6.45, 7) is 8.65. The maximum absolute atomic E-state index is 4.22. The number of allylic oxidation sites excluding steroid dienone is 1. The number of hydrogen-bond donors (Lipinski definition) is 0. The normalized spacial score (nSPS) is 23.6. The number of benzene rings is 4. The van der Waals surface area contributed by atoms with Crippen molar-refractivity contribution in [2.24, 2.45) is 11.8 Å². The van der Waals surface area contributed by atoms with Crippen LogP contribution in [0.3, 0.4) is 0 Å². The first-order valence-electron chi connectivity index (χ1n) is 12.2. The molecule has 0 aromatic heterocycles. The van der Waals surface area contributed by atoms with E-state index in [0.29, 0.717) is 17.8 Å². The van der Waals surface area contributed by atoms with E-state index >= 15 is 0 Å². The highest BCUT2D eigenvalue weighted by Crippen LogP contribution is 2.68. The number of nitrogens with zero attached hydrogens (tertiary/aromatic N) is 2. The molecule has 4 aromatic rings. The molecule has 1 fully saturated rings. The molecular weight excluding hydrogens is 412 g/mol. The summed E-state index contributed by atoms with van der Waals surface area (Å²) in [5.41, 5.74) is 11.9. The van der Waals surface area contributed by atoms with E-state index < -0.39 is 0 Å². The van der Waals surface area contributed by atoms with Crippen LogP contribution in [0.1, 0.15) is 22.6 Å². The van der Waals surface area contributed by atoms with Crippen LogP contribution in [-0.4, -0.2) is 6.17 Å². The predicted molar refractivity (Wildman–Crippen MR) is 142 cm³/mol. The molecule has 1 saturated carbocycles. The molecule has 2 heterocycles. The van der Waals surface area contributed by atoms with Crippen molar-refractivity contribution in [3.8, 4) is 11.1 Å². The first-order chi connectivity index (χ1) is 16.7. The molecule has 4 unspecified atom stereocenters. The molecule has 1 aliphatic carbocycles. The van der Waals surface area contributed by atoms with Crippen LogP contribution in [0.4, 0.5) is 22.7 Å². The van der Waals surface area contributed by atoms with Gasteiger partial charge in [-0.1, -0.05) is 72.8 Å². The lowest BCUT2D eigenvalue weighted by Crippen LogP contribution is -2.43. The van der Waals surface area contributed by atoms with E-state index in [4.69, 9.17) is 0 Å². The van der Waals surface area contributed by atoms with Gasteiger partial charge in [-0.15, -0.1) is 6.58 Å². The van der Waals surface area contributed by atoms with E-state index in [1.54, 1.807) is 0 Å². The second-order valence-corrected chi connectivity index (χ2v) is 9.93. The summed E-state index contributed by atoms with van der Waals surface area (Å²) in [7, 11) is 0. The SMILES string of the molecule is C=CC1C2c3ccccc3N3c4cc(-c5ccccc5C)ccc4N(c4ccccc4C)C3C12. The molecule has 2 aliphatic heterocycles. The first kappa shape index (κ1) is 19.7. The lowest BCUT2D eigenvalue weighted by atomic mass is 9.98. The molecule has 2 nitrogen and oxygen atoms in total. The van der Waals surface area contributed by atoms with E-state index in [1.807, 2.05) is 0 Å². The summed E-state index contributed by atoms with van der Waals surface area (Å²) >= 11 is 0. The fourth-order valence-corrected chi connectivity index (χ4v) is 6.56. The third-order valence-electron chi connectivity index (χ3n) is 8.16. The summed E-state index contributed by atoms with van der Waals surface area (Å²) < 4.78 is 0. The van der Waals surface area contributed by atoms with E-state index in [0.717, 1.165) is 0 Å². The van der Waals surface area contributed by atoms with Gasteiger partial charge in [0, 0.05) is 17.3 Å². The van der Waals surface area contributed by atoms with Crippen molar-refractivity contribution in [2.45, 2.75) is 25.9 Å². The first-order valence-corrected chi connectivity index (χ1v) is 12.2. The fourth-order valence-electron chi connectivity index (χ4n) is 6.56. The van der Waals surface area contributed by atoms with Crippen LogP contribution in [0.5, 0.6) is 0 Å². The molecule has 4 atom stereocenters. The molecule has 166 valence electrons. The van der Waals surface area contributed by atoms with Crippen molar-refractivity contribution in [3.05, 3.63) is 120 Å². The number of para-hydroxylation sites is 2. The third kappa shape index (κ3) is 2.57. The van der Waals surface area contributed by atoms with Gasteiger partial charge in [-0.05, 0) is 77.8 Å². The lowest BCUT2D eigenvalue weighted by Gasteiger charge is -2.38. The quantitative estimate of drug-likeness (QED) is 0.297. The number of anilines is 4. The van der Waals surface area contributed by atoms with Crippen LogP contribution >= 0.6 is 0 Å². The van der Waals surface area contributed by atoms with E-state index in [2.05, 4.69) is 127 Å². The van der Waals surface area contributed by atoms with Crippen molar-refractivity contribution in [2.75, 3.05) is 9.80 Å². The Morgan fingerprint density at radius 1 is 0.676 bits per heavy atom. The zero-order valence-electron chi connectivity index (χ0n) is 19.6. The molecule has 0 N–H and O–H groups in total. The van der Waals surface area contributed by atoms with Gasteiger partial charge in [0.1, 0.15) is 6.17 Å². The number of hydrogen-bond acceptors (Lipinski definition) is 2. The standard InChI is InChI=1S/C32H28N2/c1-4-23-30-25-14-8-10-16-27(25)34-29-19-22(24-13-7-5-11-20(24)2)17-18-28(29)33(32(34)31(23)30)26-15-9-6-12-21(26)3/h4-19,23,30-32H,1H2,2-3H3. The smallest absolute Gasteiger partial charge is 0.115 e. The molecule has 3 aliphatic rings. The molecule has 0 saturated heterocycles. The Hall–Kier alpha value is -3.78.